The first-order chi connectivity index (χ1) is 19.4. The fourth-order valence-electron chi connectivity index (χ4n) is 5.57. The van der Waals surface area contributed by atoms with Gasteiger partial charge in [0.15, 0.2) is 0 Å². The molecule has 0 bridgehead atoms. The summed E-state index contributed by atoms with van der Waals surface area (Å²) >= 11 is 0. The van der Waals surface area contributed by atoms with Gasteiger partial charge in [-0.2, -0.15) is 8.42 Å². The molecule has 1 amide bonds. The Kier molecular flexibility index (Phi) is 6.89. The zero-order valence-electron chi connectivity index (χ0n) is 22.5. The molecule has 6 rings (SSSR count). The number of nitrogens with zero attached hydrogens (tertiary/aromatic N) is 1. The molecule has 3 aromatic carbocycles. The van der Waals surface area contributed by atoms with Crippen LogP contribution in [0.4, 0.5) is 0 Å². The standard InChI is InChI=1S/C30H31N3O6S/c1-37-21-7-11-28(27(16-21)38-2)40(35,36)39-26-10-8-22(29-23(26)17-31-30(29)34)25-15-20-14-19(6-9-24(20)32-25)18-33-12-4-3-5-13-33/h6-11,14-16,32H,3-5,12-13,17-18H2,1-2H3,(H,31,34). The fourth-order valence-corrected chi connectivity index (χ4v) is 6.67. The second-order valence-corrected chi connectivity index (χ2v) is 11.7. The van der Waals surface area contributed by atoms with E-state index in [1.165, 1.54) is 57.2 Å². The predicted molar refractivity (Wildman–Crippen MR) is 151 cm³/mol. The maximum atomic E-state index is 13.3. The number of carbonyl (C=O) groups is 1. The molecule has 208 valence electrons. The minimum atomic E-state index is -4.27. The first kappa shape index (κ1) is 26.2. The van der Waals surface area contributed by atoms with E-state index in [4.69, 9.17) is 13.7 Å². The molecule has 2 aliphatic rings. The molecule has 0 radical (unpaired) electrons. The quantitative estimate of drug-likeness (QED) is 0.296. The zero-order valence-corrected chi connectivity index (χ0v) is 23.3. The highest BCUT2D eigenvalue weighted by Crippen LogP contribution is 2.38. The normalized spacial score (nSPS) is 15.6. The van der Waals surface area contributed by atoms with Gasteiger partial charge < -0.3 is 24.0 Å². The van der Waals surface area contributed by atoms with Crippen LogP contribution in [0.1, 0.15) is 40.7 Å². The number of fused-ring (bicyclic) bond motifs is 2. The number of ether oxygens (including phenoxy) is 2. The molecular formula is C30H31N3O6S. The van der Waals surface area contributed by atoms with Gasteiger partial charge in [0.05, 0.1) is 19.8 Å². The fraction of sp³-hybridized carbons (Fsp3) is 0.300. The molecule has 2 N–H and O–H groups in total. The molecule has 0 unspecified atom stereocenters. The second kappa shape index (κ2) is 10.5. The van der Waals surface area contributed by atoms with Crippen molar-refractivity contribution in [3.05, 3.63) is 71.3 Å². The van der Waals surface area contributed by atoms with Crippen LogP contribution in [0.2, 0.25) is 0 Å². The number of hydrogen-bond acceptors (Lipinski definition) is 7. The van der Waals surface area contributed by atoms with Crippen molar-refractivity contribution in [2.45, 2.75) is 37.2 Å². The third kappa shape index (κ3) is 4.89. The van der Waals surface area contributed by atoms with Crippen LogP contribution in [0.15, 0.2) is 59.5 Å². The number of aromatic nitrogens is 1. The van der Waals surface area contributed by atoms with Gasteiger partial charge in [0.1, 0.15) is 22.1 Å². The Morgan fingerprint density at radius 2 is 1.73 bits per heavy atom. The van der Waals surface area contributed by atoms with E-state index in [0.717, 1.165) is 36.2 Å². The molecule has 9 nitrogen and oxygen atoms in total. The number of carbonyl (C=O) groups excluding carboxylic acids is 1. The zero-order chi connectivity index (χ0) is 27.9. The van der Waals surface area contributed by atoms with Gasteiger partial charge in [0.2, 0.25) is 0 Å². The Labute approximate surface area is 233 Å². The number of methoxy groups -OCH3 is 2. The molecule has 1 fully saturated rings. The highest BCUT2D eigenvalue weighted by Gasteiger charge is 2.31. The number of nitrogens with one attached hydrogen (secondary N) is 2. The van der Waals surface area contributed by atoms with Crippen LogP contribution in [0.3, 0.4) is 0 Å². The summed E-state index contributed by atoms with van der Waals surface area (Å²) in [5.41, 5.74) is 4.58. The van der Waals surface area contributed by atoms with Crippen LogP contribution >= 0.6 is 0 Å². The molecule has 1 aromatic heterocycles. The van der Waals surface area contributed by atoms with Gasteiger partial charge in [0, 0.05) is 46.9 Å². The van der Waals surface area contributed by atoms with Crippen LogP contribution < -0.4 is 19.0 Å². The smallest absolute Gasteiger partial charge is 0.342 e. The van der Waals surface area contributed by atoms with Gasteiger partial charge in [-0.1, -0.05) is 12.5 Å². The first-order valence-electron chi connectivity index (χ1n) is 13.3. The molecule has 0 aliphatic carbocycles. The van der Waals surface area contributed by atoms with Gasteiger partial charge in [-0.15, -0.1) is 0 Å². The number of aromatic amines is 1. The summed E-state index contributed by atoms with van der Waals surface area (Å²) in [5.74, 6) is 0.363. The van der Waals surface area contributed by atoms with Gasteiger partial charge >= 0.3 is 10.1 Å². The third-order valence-electron chi connectivity index (χ3n) is 7.59. The molecular weight excluding hydrogens is 530 g/mol. The lowest BCUT2D eigenvalue weighted by Crippen LogP contribution is -2.28. The van der Waals surface area contributed by atoms with Crippen LogP contribution in [-0.4, -0.2) is 51.5 Å². The number of rotatable bonds is 8. The minimum absolute atomic E-state index is 0.0925. The van der Waals surface area contributed by atoms with Crippen molar-refractivity contribution in [2.24, 2.45) is 0 Å². The van der Waals surface area contributed by atoms with E-state index in [0.29, 0.717) is 22.4 Å². The van der Waals surface area contributed by atoms with E-state index >= 15 is 0 Å². The summed E-state index contributed by atoms with van der Waals surface area (Å²) in [4.78, 5) is 18.7. The molecule has 0 atom stereocenters. The minimum Gasteiger partial charge on any atom is -0.497 e. The number of benzene rings is 3. The molecule has 10 heteroatoms. The van der Waals surface area contributed by atoms with Crippen LogP contribution in [0, 0.1) is 0 Å². The highest BCUT2D eigenvalue weighted by atomic mass is 32.2. The Bertz CT molecular complexity index is 1710. The Hall–Kier alpha value is -4.02. The number of hydrogen-bond donors (Lipinski definition) is 2. The molecule has 3 heterocycles. The van der Waals surface area contributed by atoms with Crippen LogP contribution in [0.25, 0.3) is 22.2 Å². The van der Waals surface area contributed by atoms with Crippen molar-refractivity contribution < 1.29 is 26.9 Å². The van der Waals surface area contributed by atoms with Crippen molar-refractivity contribution in [1.82, 2.24) is 15.2 Å². The predicted octanol–water partition coefficient (Wildman–Crippen LogP) is 4.85. The molecule has 4 aromatic rings. The topological polar surface area (TPSA) is 110 Å². The summed E-state index contributed by atoms with van der Waals surface area (Å²) in [6.45, 7) is 3.35. The summed E-state index contributed by atoms with van der Waals surface area (Å²) in [5, 5.41) is 3.87. The average Bonchev–Trinajstić information content (AvgIpc) is 3.57. The number of likely N-dealkylation sites (tertiary alicyclic amines) is 1. The maximum absolute atomic E-state index is 13.3. The van der Waals surface area contributed by atoms with Gasteiger partial charge in [0.25, 0.3) is 5.91 Å². The van der Waals surface area contributed by atoms with Gasteiger partial charge in [-0.25, -0.2) is 0 Å². The lowest BCUT2D eigenvalue weighted by molar-refractivity contribution is 0.0966. The number of H-pyrrole nitrogens is 1. The molecule has 0 spiro atoms. The Balaban J connectivity index is 1.32. The van der Waals surface area contributed by atoms with Gasteiger partial charge in [-0.3, -0.25) is 9.69 Å². The van der Waals surface area contributed by atoms with Gasteiger partial charge in [-0.05, 0) is 74.0 Å². The molecule has 0 saturated carbocycles. The van der Waals surface area contributed by atoms with E-state index in [-0.39, 0.29) is 28.8 Å². The largest absolute Gasteiger partial charge is 0.497 e. The SMILES string of the molecule is COc1ccc(S(=O)(=O)Oc2ccc(-c3cc4cc(CN5CCCCC5)ccc4[nH]3)c3c2CNC3=O)c(OC)c1. The van der Waals surface area contributed by atoms with Crippen LogP contribution in [-0.2, 0) is 23.2 Å². The number of amides is 1. The molecule has 1 saturated heterocycles. The van der Waals surface area contributed by atoms with E-state index in [1.54, 1.807) is 12.1 Å². The summed E-state index contributed by atoms with van der Waals surface area (Å²) in [6.07, 6.45) is 3.80. The highest BCUT2D eigenvalue weighted by molar-refractivity contribution is 7.87. The van der Waals surface area contributed by atoms with Crippen molar-refractivity contribution in [3.8, 4) is 28.5 Å². The maximum Gasteiger partial charge on any atom is 0.342 e. The van der Waals surface area contributed by atoms with Crippen LogP contribution in [0.5, 0.6) is 17.2 Å². The van der Waals surface area contributed by atoms with Crippen molar-refractivity contribution in [1.29, 1.82) is 0 Å². The first-order valence-corrected chi connectivity index (χ1v) is 14.7. The summed E-state index contributed by atoms with van der Waals surface area (Å²) in [6, 6.07) is 16.1. The lowest BCUT2D eigenvalue weighted by Gasteiger charge is -2.26. The monoisotopic (exact) mass is 561 g/mol. The van der Waals surface area contributed by atoms with Crippen molar-refractivity contribution in [2.75, 3.05) is 27.3 Å². The number of piperidine rings is 1. The van der Waals surface area contributed by atoms with Crippen molar-refractivity contribution in [3.63, 3.8) is 0 Å². The average molecular weight is 562 g/mol. The third-order valence-corrected chi connectivity index (χ3v) is 8.87. The second-order valence-electron chi connectivity index (χ2n) is 10.1. The van der Waals surface area contributed by atoms with E-state index < -0.39 is 10.1 Å². The molecule has 40 heavy (non-hydrogen) atoms. The van der Waals surface area contributed by atoms with E-state index in [1.807, 2.05) is 6.07 Å². The summed E-state index contributed by atoms with van der Waals surface area (Å²) in [7, 11) is -1.41. The Morgan fingerprint density at radius 3 is 2.50 bits per heavy atom. The lowest BCUT2D eigenvalue weighted by atomic mass is 9.99. The van der Waals surface area contributed by atoms with E-state index in [2.05, 4.69) is 33.4 Å². The molecule has 2 aliphatic heterocycles. The Morgan fingerprint density at radius 1 is 0.900 bits per heavy atom. The summed E-state index contributed by atoms with van der Waals surface area (Å²) < 4.78 is 42.5. The van der Waals surface area contributed by atoms with Crippen molar-refractivity contribution >= 4 is 26.9 Å². The van der Waals surface area contributed by atoms with E-state index in [9.17, 15) is 13.2 Å².